The van der Waals surface area contributed by atoms with E-state index in [0.29, 0.717) is 6.54 Å². The fourth-order valence-electron chi connectivity index (χ4n) is 2.01. The first-order valence-corrected chi connectivity index (χ1v) is 6.69. The summed E-state index contributed by atoms with van der Waals surface area (Å²) in [5.74, 6) is 1.19. The second kappa shape index (κ2) is 7.04. The van der Waals surface area contributed by atoms with Crippen LogP contribution in [0.5, 0.6) is 11.5 Å². The lowest BCUT2D eigenvalue weighted by molar-refractivity contribution is 0.388. The van der Waals surface area contributed by atoms with Crippen molar-refractivity contribution in [2.24, 2.45) is 0 Å². The highest BCUT2D eigenvalue weighted by molar-refractivity contribution is 5.40. The van der Waals surface area contributed by atoms with Gasteiger partial charge in [-0.25, -0.2) is 4.39 Å². The summed E-state index contributed by atoms with van der Waals surface area (Å²) in [5, 5.41) is 3.34. The van der Waals surface area contributed by atoms with Gasteiger partial charge in [0.25, 0.3) is 0 Å². The van der Waals surface area contributed by atoms with Crippen molar-refractivity contribution < 1.29 is 13.9 Å². The van der Waals surface area contributed by atoms with E-state index in [1.54, 1.807) is 20.3 Å². The highest BCUT2D eigenvalue weighted by Crippen LogP contribution is 2.25. The topological polar surface area (TPSA) is 43.4 Å². The summed E-state index contributed by atoms with van der Waals surface area (Å²) < 4.78 is 23.4. The normalized spacial score (nSPS) is 12.0. The molecule has 0 spiro atoms. The lowest BCUT2D eigenvalue weighted by Gasteiger charge is -2.15. The first-order valence-electron chi connectivity index (χ1n) is 6.69. The number of aromatic nitrogens is 1. The van der Waals surface area contributed by atoms with Crippen molar-refractivity contribution >= 4 is 0 Å². The SMILES string of the molecule is COc1ccc(CNC(C)c2ccc(F)cn2)c(OC)c1. The van der Waals surface area contributed by atoms with Crippen LogP contribution in [0.4, 0.5) is 4.39 Å². The molecule has 0 aliphatic rings. The third-order valence-corrected chi connectivity index (χ3v) is 3.29. The van der Waals surface area contributed by atoms with Crippen LogP contribution in [-0.2, 0) is 6.54 Å². The van der Waals surface area contributed by atoms with Gasteiger partial charge in [0.1, 0.15) is 17.3 Å². The smallest absolute Gasteiger partial charge is 0.141 e. The number of halogens is 1. The van der Waals surface area contributed by atoms with Crippen molar-refractivity contribution in [2.75, 3.05) is 14.2 Å². The van der Waals surface area contributed by atoms with Crippen LogP contribution < -0.4 is 14.8 Å². The fraction of sp³-hybridized carbons (Fsp3) is 0.312. The van der Waals surface area contributed by atoms with Gasteiger partial charge in [0.05, 0.1) is 26.1 Å². The molecule has 1 unspecified atom stereocenters. The Kier molecular flexibility index (Phi) is 5.11. The predicted molar refractivity (Wildman–Crippen MR) is 79.0 cm³/mol. The number of methoxy groups -OCH3 is 2. The van der Waals surface area contributed by atoms with E-state index in [0.717, 1.165) is 22.8 Å². The van der Waals surface area contributed by atoms with Crippen LogP contribution >= 0.6 is 0 Å². The third kappa shape index (κ3) is 3.92. The molecule has 0 saturated heterocycles. The van der Waals surface area contributed by atoms with Gasteiger partial charge in [0, 0.05) is 24.2 Å². The lowest BCUT2D eigenvalue weighted by Crippen LogP contribution is -2.19. The third-order valence-electron chi connectivity index (χ3n) is 3.29. The Morgan fingerprint density at radius 3 is 2.62 bits per heavy atom. The molecule has 4 nitrogen and oxygen atoms in total. The molecule has 0 bridgehead atoms. The van der Waals surface area contributed by atoms with Crippen LogP contribution in [0.3, 0.4) is 0 Å². The zero-order valence-corrected chi connectivity index (χ0v) is 12.4. The maximum atomic E-state index is 12.9. The first-order chi connectivity index (χ1) is 10.1. The molecule has 0 amide bonds. The van der Waals surface area contributed by atoms with Crippen LogP contribution in [-0.4, -0.2) is 19.2 Å². The average Bonchev–Trinajstić information content (AvgIpc) is 2.53. The van der Waals surface area contributed by atoms with Crippen LogP contribution in [0.1, 0.15) is 24.2 Å². The minimum absolute atomic E-state index is 0.0115. The van der Waals surface area contributed by atoms with Crippen molar-refractivity contribution in [2.45, 2.75) is 19.5 Å². The van der Waals surface area contributed by atoms with Crippen molar-refractivity contribution in [3.8, 4) is 11.5 Å². The Morgan fingerprint density at radius 2 is 2.00 bits per heavy atom. The second-order valence-corrected chi connectivity index (χ2v) is 4.68. The summed E-state index contributed by atoms with van der Waals surface area (Å²) in [6, 6.07) is 8.79. The van der Waals surface area contributed by atoms with Gasteiger partial charge >= 0.3 is 0 Å². The second-order valence-electron chi connectivity index (χ2n) is 4.68. The lowest BCUT2D eigenvalue weighted by atomic mass is 10.1. The zero-order valence-electron chi connectivity index (χ0n) is 12.4. The molecule has 21 heavy (non-hydrogen) atoms. The van der Waals surface area contributed by atoms with Gasteiger partial charge in [-0.1, -0.05) is 6.07 Å². The number of ether oxygens (including phenoxy) is 2. The summed E-state index contributed by atoms with van der Waals surface area (Å²) >= 11 is 0. The maximum Gasteiger partial charge on any atom is 0.141 e. The van der Waals surface area contributed by atoms with Crippen molar-refractivity contribution in [3.05, 3.63) is 53.6 Å². The van der Waals surface area contributed by atoms with Crippen LogP contribution in [0.25, 0.3) is 0 Å². The Hall–Kier alpha value is -2.14. The van der Waals surface area contributed by atoms with Gasteiger partial charge in [-0.05, 0) is 25.1 Å². The van der Waals surface area contributed by atoms with E-state index in [2.05, 4.69) is 10.3 Å². The van der Waals surface area contributed by atoms with Crippen LogP contribution in [0, 0.1) is 5.82 Å². The summed E-state index contributed by atoms with van der Waals surface area (Å²) in [5.41, 5.74) is 1.82. The molecule has 2 aromatic rings. The Labute approximate surface area is 123 Å². The van der Waals surface area contributed by atoms with Gasteiger partial charge in [0.2, 0.25) is 0 Å². The first kappa shape index (κ1) is 15.3. The summed E-state index contributed by atoms with van der Waals surface area (Å²) in [6.07, 6.45) is 1.22. The summed E-state index contributed by atoms with van der Waals surface area (Å²) in [6.45, 7) is 2.60. The minimum atomic E-state index is -0.331. The molecule has 1 aromatic carbocycles. The van der Waals surface area contributed by atoms with E-state index in [1.807, 2.05) is 25.1 Å². The van der Waals surface area contributed by atoms with Crippen molar-refractivity contribution in [3.63, 3.8) is 0 Å². The fourth-order valence-corrected chi connectivity index (χ4v) is 2.01. The molecule has 0 fully saturated rings. The van der Waals surface area contributed by atoms with Gasteiger partial charge in [0.15, 0.2) is 0 Å². The number of hydrogen-bond donors (Lipinski definition) is 1. The molecule has 5 heteroatoms. The van der Waals surface area contributed by atoms with E-state index in [9.17, 15) is 4.39 Å². The molecular weight excluding hydrogens is 271 g/mol. The molecule has 1 atom stereocenters. The minimum Gasteiger partial charge on any atom is -0.497 e. The number of rotatable bonds is 6. The highest BCUT2D eigenvalue weighted by Gasteiger charge is 2.09. The monoisotopic (exact) mass is 290 g/mol. The molecular formula is C16H19FN2O2. The number of nitrogens with zero attached hydrogens (tertiary/aromatic N) is 1. The van der Waals surface area contributed by atoms with Gasteiger partial charge in [-0.3, -0.25) is 4.98 Å². The number of pyridine rings is 1. The molecule has 1 aromatic heterocycles. The van der Waals surface area contributed by atoms with Gasteiger partial charge in [-0.2, -0.15) is 0 Å². The number of benzene rings is 1. The average molecular weight is 290 g/mol. The van der Waals surface area contributed by atoms with E-state index in [4.69, 9.17) is 9.47 Å². The highest BCUT2D eigenvalue weighted by atomic mass is 19.1. The summed E-state index contributed by atoms with van der Waals surface area (Å²) in [7, 11) is 3.25. The largest absolute Gasteiger partial charge is 0.497 e. The molecule has 1 heterocycles. The molecule has 0 saturated carbocycles. The van der Waals surface area contributed by atoms with Crippen molar-refractivity contribution in [1.82, 2.24) is 10.3 Å². The maximum absolute atomic E-state index is 12.9. The molecule has 112 valence electrons. The number of nitrogens with one attached hydrogen (secondary N) is 1. The van der Waals surface area contributed by atoms with E-state index >= 15 is 0 Å². The molecule has 0 aliphatic heterocycles. The molecule has 0 aliphatic carbocycles. The molecule has 2 rings (SSSR count). The predicted octanol–water partition coefficient (Wildman–Crippen LogP) is 3.09. The molecule has 0 radical (unpaired) electrons. The van der Waals surface area contributed by atoms with Gasteiger partial charge < -0.3 is 14.8 Å². The van der Waals surface area contributed by atoms with Crippen LogP contribution in [0.15, 0.2) is 36.5 Å². The Bertz CT molecular complexity index is 587. The van der Waals surface area contributed by atoms with Crippen LogP contribution in [0.2, 0.25) is 0 Å². The quantitative estimate of drug-likeness (QED) is 0.888. The molecule has 1 N–H and O–H groups in total. The summed E-state index contributed by atoms with van der Waals surface area (Å²) in [4.78, 5) is 4.07. The number of hydrogen-bond acceptors (Lipinski definition) is 4. The van der Waals surface area contributed by atoms with E-state index in [-0.39, 0.29) is 11.9 Å². The Morgan fingerprint density at radius 1 is 1.19 bits per heavy atom. The van der Waals surface area contributed by atoms with Gasteiger partial charge in [-0.15, -0.1) is 0 Å². The standard InChI is InChI=1S/C16H19FN2O2/c1-11(15-7-5-13(17)10-19-15)18-9-12-4-6-14(20-2)8-16(12)21-3/h4-8,10-11,18H,9H2,1-3H3. The van der Waals surface area contributed by atoms with Crippen molar-refractivity contribution in [1.29, 1.82) is 0 Å². The zero-order chi connectivity index (χ0) is 15.2. The van der Waals surface area contributed by atoms with E-state index < -0.39 is 0 Å². The van der Waals surface area contributed by atoms with E-state index in [1.165, 1.54) is 12.3 Å². The Balaban J connectivity index is 2.03.